The standard InChI is InChI=1S/C12H20N2O2/c1-14(6-7-15-2)9-10-4-5-11(16-3)8-12(10)13/h4-5,8H,6-7,9,13H2,1-3H3. The molecule has 0 spiro atoms. The van der Waals surface area contributed by atoms with Gasteiger partial charge in [-0.1, -0.05) is 6.07 Å². The number of benzene rings is 1. The second kappa shape index (κ2) is 6.35. The van der Waals surface area contributed by atoms with Crippen molar-refractivity contribution in [1.82, 2.24) is 4.90 Å². The summed E-state index contributed by atoms with van der Waals surface area (Å²) in [5.74, 6) is 0.792. The number of hydrogen-bond acceptors (Lipinski definition) is 4. The Labute approximate surface area is 96.9 Å². The summed E-state index contributed by atoms with van der Waals surface area (Å²) >= 11 is 0. The van der Waals surface area contributed by atoms with Gasteiger partial charge < -0.3 is 15.2 Å². The number of ether oxygens (including phenoxy) is 2. The van der Waals surface area contributed by atoms with Gasteiger partial charge in [-0.15, -0.1) is 0 Å². The first-order valence-electron chi connectivity index (χ1n) is 5.27. The Morgan fingerprint density at radius 3 is 2.62 bits per heavy atom. The molecule has 0 saturated carbocycles. The molecular formula is C12H20N2O2. The fraction of sp³-hybridized carbons (Fsp3) is 0.500. The molecule has 0 unspecified atom stereocenters. The highest BCUT2D eigenvalue weighted by molar-refractivity contribution is 5.51. The van der Waals surface area contributed by atoms with Crippen LogP contribution in [0.15, 0.2) is 18.2 Å². The van der Waals surface area contributed by atoms with E-state index in [9.17, 15) is 0 Å². The molecule has 0 radical (unpaired) electrons. The van der Waals surface area contributed by atoms with Crippen LogP contribution in [-0.4, -0.2) is 39.3 Å². The van der Waals surface area contributed by atoms with Gasteiger partial charge in [-0.2, -0.15) is 0 Å². The number of anilines is 1. The van der Waals surface area contributed by atoms with Crippen LogP contribution in [0.1, 0.15) is 5.56 Å². The van der Waals surface area contributed by atoms with E-state index in [2.05, 4.69) is 4.90 Å². The largest absolute Gasteiger partial charge is 0.497 e. The van der Waals surface area contributed by atoms with Crippen LogP contribution in [0.2, 0.25) is 0 Å². The lowest BCUT2D eigenvalue weighted by Crippen LogP contribution is -2.22. The van der Waals surface area contributed by atoms with E-state index in [4.69, 9.17) is 15.2 Å². The van der Waals surface area contributed by atoms with Crippen molar-refractivity contribution in [2.24, 2.45) is 0 Å². The number of nitrogens with two attached hydrogens (primary N) is 1. The predicted molar refractivity (Wildman–Crippen MR) is 65.6 cm³/mol. The van der Waals surface area contributed by atoms with E-state index in [1.807, 2.05) is 25.2 Å². The number of nitrogen functional groups attached to an aromatic ring is 1. The molecule has 0 bridgehead atoms. The lowest BCUT2D eigenvalue weighted by atomic mass is 10.1. The molecule has 4 nitrogen and oxygen atoms in total. The van der Waals surface area contributed by atoms with Crippen molar-refractivity contribution in [2.75, 3.05) is 40.2 Å². The molecule has 90 valence electrons. The monoisotopic (exact) mass is 224 g/mol. The number of methoxy groups -OCH3 is 2. The minimum atomic E-state index is 0.729. The Bertz CT molecular complexity index is 329. The molecule has 0 aromatic heterocycles. The first-order valence-corrected chi connectivity index (χ1v) is 5.27. The Morgan fingerprint density at radius 2 is 2.06 bits per heavy atom. The van der Waals surface area contributed by atoms with Gasteiger partial charge in [0.1, 0.15) is 5.75 Å². The maximum atomic E-state index is 5.94. The Kier molecular flexibility index (Phi) is 5.08. The molecule has 16 heavy (non-hydrogen) atoms. The van der Waals surface area contributed by atoms with Gasteiger partial charge in [-0.3, -0.25) is 4.90 Å². The van der Waals surface area contributed by atoms with Crippen molar-refractivity contribution in [1.29, 1.82) is 0 Å². The van der Waals surface area contributed by atoms with Gasteiger partial charge in [0.15, 0.2) is 0 Å². The topological polar surface area (TPSA) is 47.7 Å². The highest BCUT2D eigenvalue weighted by Crippen LogP contribution is 2.20. The normalized spacial score (nSPS) is 10.8. The van der Waals surface area contributed by atoms with Gasteiger partial charge in [-0.05, 0) is 18.7 Å². The molecule has 0 fully saturated rings. The summed E-state index contributed by atoms with van der Waals surface area (Å²) in [6.07, 6.45) is 0. The van der Waals surface area contributed by atoms with E-state index in [-0.39, 0.29) is 0 Å². The minimum absolute atomic E-state index is 0.729. The first kappa shape index (κ1) is 12.8. The molecule has 0 saturated heterocycles. The van der Waals surface area contributed by atoms with Crippen molar-refractivity contribution in [3.05, 3.63) is 23.8 Å². The molecule has 0 aliphatic carbocycles. The average Bonchev–Trinajstić information content (AvgIpc) is 2.29. The lowest BCUT2D eigenvalue weighted by molar-refractivity contribution is 0.158. The van der Waals surface area contributed by atoms with E-state index in [1.165, 1.54) is 0 Å². The summed E-state index contributed by atoms with van der Waals surface area (Å²) < 4.78 is 10.1. The van der Waals surface area contributed by atoms with Crippen molar-refractivity contribution < 1.29 is 9.47 Å². The fourth-order valence-corrected chi connectivity index (χ4v) is 1.46. The van der Waals surface area contributed by atoms with Crippen molar-refractivity contribution in [3.8, 4) is 5.75 Å². The zero-order valence-electron chi connectivity index (χ0n) is 10.2. The van der Waals surface area contributed by atoms with Crippen molar-refractivity contribution in [3.63, 3.8) is 0 Å². The third-order valence-electron chi connectivity index (χ3n) is 2.47. The van der Waals surface area contributed by atoms with Gasteiger partial charge in [-0.25, -0.2) is 0 Å². The van der Waals surface area contributed by atoms with Crippen LogP contribution in [0.5, 0.6) is 5.75 Å². The Balaban J connectivity index is 2.59. The Morgan fingerprint density at radius 1 is 1.31 bits per heavy atom. The van der Waals surface area contributed by atoms with Gasteiger partial charge in [0, 0.05) is 32.0 Å². The predicted octanol–water partition coefficient (Wildman–Crippen LogP) is 1.36. The van der Waals surface area contributed by atoms with Crippen molar-refractivity contribution >= 4 is 5.69 Å². The molecule has 0 aliphatic rings. The lowest BCUT2D eigenvalue weighted by Gasteiger charge is -2.17. The number of nitrogens with zero attached hydrogens (tertiary/aromatic N) is 1. The molecule has 4 heteroatoms. The summed E-state index contributed by atoms with van der Waals surface area (Å²) in [5, 5.41) is 0. The SMILES string of the molecule is COCCN(C)Cc1ccc(OC)cc1N. The van der Waals surface area contributed by atoms with Crippen LogP contribution in [-0.2, 0) is 11.3 Å². The quantitative estimate of drug-likeness (QED) is 0.741. The van der Waals surface area contributed by atoms with Crippen LogP contribution >= 0.6 is 0 Å². The summed E-state index contributed by atoms with van der Waals surface area (Å²) in [4.78, 5) is 2.17. The molecule has 0 heterocycles. The smallest absolute Gasteiger partial charge is 0.120 e. The summed E-state index contributed by atoms with van der Waals surface area (Å²) in [6, 6.07) is 5.77. The maximum absolute atomic E-state index is 5.94. The molecule has 1 rings (SSSR count). The number of rotatable bonds is 6. The van der Waals surface area contributed by atoms with Crippen LogP contribution in [0.25, 0.3) is 0 Å². The molecule has 1 aromatic carbocycles. The molecule has 2 N–H and O–H groups in total. The number of likely N-dealkylation sites (N-methyl/N-ethyl adjacent to an activating group) is 1. The van der Waals surface area contributed by atoms with Crippen LogP contribution in [0.4, 0.5) is 5.69 Å². The zero-order valence-corrected chi connectivity index (χ0v) is 10.2. The second-order valence-corrected chi connectivity index (χ2v) is 3.80. The van der Waals surface area contributed by atoms with E-state index >= 15 is 0 Å². The summed E-state index contributed by atoms with van der Waals surface area (Å²) in [7, 11) is 5.39. The van der Waals surface area contributed by atoms with Gasteiger partial charge >= 0.3 is 0 Å². The highest BCUT2D eigenvalue weighted by Gasteiger charge is 2.04. The molecule has 0 aliphatic heterocycles. The van der Waals surface area contributed by atoms with Gasteiger partial charge in [0.05, 0.1) is 13.7 Å². The molecule has 0 amide bonds. The van der Waals surface area contributed by atoms with Crippen molar-refractivity contribution in [2.45, 2.75) is 6.54 Å². The Hall–Kier alpha value is -1.26. The molecule has 1 aromatic rings. The van der Waals surface area contributed by atoms with Crippen LogP contribution < -0.4 is 10.5 Å². The minimum Gasteiger partial charge on any atom is -0.497 e. The molecule has 0 atom stereocenters. The van der Waals surface area contributed by atoms with E-state index < -0.39 is 0 Å². The highest BCUT2D eigenvalue weighted by atomic mass is 16.5. The first-order chi connectivity index (χ1) is 7.67. The molecular weight excluding hydrogens is 204 g/mol. The summed E-state index contributed by atoms with van der Waals surface area (Å²) in [6.45, 7) is 2.44. The van der Waals surface area contributed by atoms with E-state index in [0.717, 1.165) is 36.7 Å². The summed E-state index contributed by atoms with van der Waals surface area (Å²) in [5.41, 5.74) is 7.81. The zero-order chi connectivity index (χ0) is 12.0. The van der Waals surface area contributed by atoms with Gasteiger partial charge in [0.25, 0.3) is 0 Å². The third-order valence-corrected chi connectivity index (χ3v) is 2.47. The third kappa shape index (κ3) is 3.72. The van der Waals surface area contributed by atoms with Crippen LogP contribution in [0, 0.1) is 0 Å². The average molecular weight is 224 g/mol. The van der Waals surface area contributed by atoms with Gasteiger partial charge in [0.2, 0.25) is 0 Å². The van der Waals surface area contributed by atoms with E-state index in [0.29, 0.717) is 0 Å². The van der Waals surface area contributed by atoms with Crippen LogP contribution in [0.3, 0.4) is 0 Å². The second-order valence-electron chi connectivity index (χ2n) is 3.80. The fourth-order valence-electron chi connectivity index (χ4n) is 1.46. The maximum Gasteiger partial charge on any atom is 0.120 e. The number of hydrogen-bond donors (Lipinski definition) is 1. The van der Waals surface area contributed by atoms with E-state index in [1.54, 1.807) is 14.2 Å².